The summed E-state index contributed by atoms with van der Waals surface area (Å²) in [6.45, 7) is 2.05. The third kappa shape index (κ3) is 3.39. The van der Waals surface area contributed by atoms with E-state index in [0.717, 1.165) is 23.5 Å². The molecule has 0 atom stereocenters. The second kappa shape index (κ2) is 7.06. The van der Waals surface area contributed by atoms with E-state index in [1.807, 2.05) is 30.5 Å². The Morgan fingerprint density at radius 3 is 2.62 bits per heavy atom. The molecule has 0 radical (unpaired) electrons. The number of anilines is 2. The molecular weight excluding hydrogens is 328 g/mol. The van der Waals surface area contributed by atoms with Crippen molar-refractivity contribution >= 4 is 11.5 Å². The van der Waals surface area contributed by atoms with Crippen molar-refractivity contribution in [2.45, 2.75) is 13.3 Å². The van der Waals surface area contributed by atoms with E-state index in [1.165, 1.54) is 0 Å². The molecular formula is C18H16N8. The van der Waals surface area contributed by atoms with E-state index in [0.29, 0.717) is 17.6 Å². The van der Waals surface area contributed by atoms with Gasteiger partial charge in [0.1, 0.15) is 11.5 Å². The van der Waals surface area contributed by atoms with Gasteiger partial charge in [-0.25, -0.2) is 24.6 Å². The molecule has 4 rings (SSSR count). The number of hydrogen-bond acceptors (Lipinski definition) is 7. The number of aryl methyl sites for hydroxylation is 1. The molecule has 4 heterocycles. The van der Waals surface area contributed by atoms with E-state index in [2.05, 4.69) is 42.3 Å². The first-order valence-corrected chi connectivity index (χ1v) is 8.20. The fourth-order valence-electron chi connectivity index (χ4n) is 2.41. The lowest BCUT2D eigenvalue weighted by Crippen LogP contribution is -2.01. The van der Waals surface area contributed by atoms with Crippen LogP contribution in [0.1, 0.15) is 12.6 Å². The maximum Gasteiger partial charge on any atom is 0.250 e. The molecule has 0 saturated heterocycles. The standard InChI is InChI=1S/C18H16N8/c1-2-13-10-16(25-17(24-13)15-6-3-4-7-19-15)23-14-11-22-26(12-14)18-20-8-5-9-21-18/h3-12H,2H2,1H3,(H,23,24,25). The second-order valence-corrected chi connectivity index (χ2v) is 5.48. The van der Waals surface area contributed by atoms with Gasteiger partial charge < -0.3 is 5.32 Å². The predicted molar refractivity (Wildman–Crippen MR) is 97.1 cm³/mol. The van der Waals surface area contributed by atoms with Gasteiger partial charge in [-0.15, -0.1) is 0 Å². The molecule has 0 fully saturated rings. The third-order valence-corrected chi connectivity index (χ3v) is 3.65. The molecule has 0 unspecified atom stereocenters. The third-order valence-electron chi connectivity index (χ3n) is 3.65. The zero-order chi connectivity index (χ0) is 17.8. The molecule has 0 aliphatic rings. The molecule has 0 spiro atoms. The Morgan fingerprint density at radius 2 is 1.85 bits per heavy atom. The van der Waals surface area contributed by atoms with Crippen LogP contribution in [0.5, 0.6) is 0 Å². The minimum Gasteiger partial charge on any atom is -0.338 e. The first kappa shape index (κ1) is 15.8. The minimum atomic E-state index is 0.506. The molecule has 0 bridgehead atoms. The van der Waals surface area contributed by atoms with E-state index in [-0.39, 0.29) is 0 Å². The molecule has 128 valence electrons. The van der Waals surface area contributed by atoms with Gasteiger partial charge in [-0.05, 0) is 24.6 Å². The number of pyridine rings is 1. The van der Waals surface area contributed by atoms with E-state index in [9.17, 15) is 0 Å². The number of aromatic nitrogens is 7. The van der Waals surface area contributed by atoms with Gasteiger partial charge in [0, 0.05) is 30.4 Å². The second-order valence-electron chi connectivity index (χ2n) is 5.48. The topological polar surface area (TPSA) is 94.3 Å². The summed E-state index contributed by atoms with van der Waals surface area (Å²) in [4.78, 5) is 21.8. The van der Waals surface area contributed by atoms with Crippen molar-refractivity contribution in [3.8, 4) is 17.5 Å². The van der Waals surface area contributed by atoms with Gasteiger partial charge in [-0.2, -0.15) is 5.10 Å². The average molecular weight is 344 g/mol. The van der Waals surface area contributed by atoms with Crippen molar-refractivity contribution in [1.82, 2.24) is 34.7 Å². The lowest BCUT2D eigenvalue weighted by atomic mass is 10.3. The van der Waals surface area contributed by atoms with Crippen LogP contribution in [0.25, 0.3) is 17.5 Å². The van der Waals surface area contributed by atoms with Crippen molar-refractivity contribution in [2.75, 3.05) is 5.32 Å². The van der Waals surface area contributed by atoms with E-state index in [4.69, 9.17) is 0 Å². The van der Waals surface area contributed by atoms with Gasteiger partial charge in [-0.1, -0.05) is 13.0 Å². The Kier molecular flexibility index (Phi) is 4.29. The van der Waals surface area contributed by atoms with Crippen molar-refractivity contribution in [1.29, 1.82) is 0 Å². The van der Waals surface area contributed by atoms with Crippen LogP contribution in [0.4, 0.5) is 11.5 Å². The van der Waals surface area contributed by atoms with Gasteiger partial charge in [-0.3, -0.25) is 4.98 Å². The molecule has 4 aromatic heterocycles. The van der Waals surface area contributed by atoms with Crippen LogP contribution < -0.4 is 5.32 Å². The summed E-state index contributed by atoms with van der Waals surface area (Å²) >= 11 is 0. The Bertz CT molecular complexity index is 998. The van der Waals surface area contributed by atoms with Gasteiger partial charge in [0.25, 0.3) is 0 Å². The lowest BCUT2D eigenvalue weighted by molar-refractivity contribution is 0.808. The zero-order valence-electron chi connectivity index (χ0n) is 14.1. The molecule has 8 heteroatoms. The van der Waals surface area contributed by atoms with Crippen LogP contribution in [0, 0.1) is 0 Å². The van der Waals surface area contributed by atoms with Crippen molar-refractivity contribution in [3.63, 3.8) is 0 Å². The predicted octanol–water partition coefficient (Wildman–Crippen LogP) is 2.82. The van der Waals surface area contributed by atoms with Gasteiger partial charge >= 0.3 is 0 Å². The molecule has 0 saturated carbocycles. The van der Waals surface area contributed by atoms with Gasteiger partial charge in [0.2, 0.25) is 5.95 Å². The summed E-state index contributed by atoms with van der Waals surface area (Å²) in [5.41, 5.74) is 2.45. The van der Waals surface area contributed by atoms with Crippen LogP contribution in [0.2, 0.25) is 0 Å². The molecule has 1 N–H and O–H groups in total. The first-order valence-electron chi connectivity index (χ1n) is 8.20. The van der Waals surface area contributed by atoms with E-state index < -0.39 is 0 Å². The fraction of sp³-hybridized carbons (Fsp3) is 0.111. The highest BCUT2D eigenvalue weighted by molar-refractivity contribution is 5.59. The quantitative estimate of drug-likeness (QED) is 0.595. The number of nitrogens with one attached hydrogen (secondary N) is 1. The Balaban J connectivity index is 1.63. The Labute approximate surface area is 150 Å². The molecule has 0 amide bonds. The zero-order valence-corrected chi connectivity index (χ0v) is 14.1. The summed E-state index contributed by atoms with van der Waals surface area (Å²) < 4.78 is 1.60. The molecule has 26 heavy (non-hydrogen) atoms. The molecule has 0 aliphatic heterocycles. The minimum absolute atomic E-state index is 0.506. The van der Waals surface area contributed by atoms with Crippen molar-refractivity contribution < 1.29 is 0 Å². The molecule has 8 nitrogen and oxygen atoms in total. The monoisotopic (exact) mass is 344 g/mol. The summed E-state index contributed by atoms with van der Waals surface area (Å²) in [6, 6.07) is 9.36. The molecule has 0 aromatic carbocycles. The summed E-state index contributed by atoms with van der Waals surface area (Å²) in [6.07, 6.45) is 9.39. The largest absolute Gasteiger partial charge is 0.338 e. The smallest absolute Gasteiger partial charge is 0.250 e. The maximum atomic E-state index is 4.58. The van der Waals surface area contributed by atoms with Crippen LogP contribution in [-0.4, -0.2) is 34.7 Å². The number of hydrogen-bond donors (Lipinski definition) is 1. The first-order chi connectivity index (χ1) is 12.8. The average Bonchev–Trinajstić information content (AvgIpc) is 3.17. The van der Waals surface area contributed by atoms with E-state index >= 15 is 0 Å². The number of nitrogens with zero attached hydrogens (tertiary/aromatic N) is 7. The Hall–Kier alpha value is -3.68. The lowest BCUT2D eigenvalue weighted by Gasteiger charge is -2.07. The normalized spacial score (nSPS) is 10.7. The maximum absolute atomic E-state index is 4.58. The highest BCUT2D eigenvalue weighted by atomic mass is 15.3. The summed E-state index contributed by atoms with van der Waals surface area (Å²) in [5, 5.41) is 7.54. The van der Waals surface area contributed by atoms with Crippen LogP contribution >= 0.6 is 0 Å². The van der Waals surface area contributed by atoms with Gasteiger partial charge in [0.15, 0.2) is 5.82 Å². The Morgan fingerprint density at radius 1 is 1.00 bits per heavy atom. The summed E-state index contributed by atoms with van der Waals surface area (Å²) in [7, 11) is 0. The van der Waals surface area contributed by atoms with E-state index in [1.54, 1.807) is 35.5 Å². The number of rotatable bonds is 5. The molecule has 0 aliphatic carbocycles. The van der Waals surface area contributed by atoms with Crippen LogP contribution in [-0.2, 0) is 6.42 Å². The van der Waals surface area contributed by atoms with Crippen molar-refractivity contribution in [3.05, 3.63) is 67.0 Å². The van der Waals surface area contributed by atoms with Gasteiger partial charge in [0.05, 0.1) is 18.1 Å². The SMILES string of the molecule is CCc1cc(Nc2cnn(-c3ncccn3)c2)nc(-c2ccccn2)n1. The fourth-order valence-corrected chi connectivity index (χ4v) is 2.41. The highest BCUT2D eigenvalue weighted by Crippen LogP contribution is 2.20. The summed E-state index contributed by atoms with van der Waals surface area (Å²) in [5.74, 6) is 1.78. The van der Waals surface area contributed by atoms with Crippen LogP contribution in [0.3, 0.4) is 0 Å². The molecule has 4 aromatic rings. The van der Waals surface area contributed by atoms with Crippen LogP contribution in [0.15, 0.2) is 61.3 Å². The van der Waals surface area contributed by atoms with Crippen molar-refractivity contribution in [2.24, 2.45) is 0 Å². The highest BCUT2D eigenvalue weighted by Gasteiger charge is 2.09.